The van der Waals surface area contributed by atoms with Crippen LogP contribution in [0.3, 0.4) is 0 Å². The van der Waals surface area contributed by atoms with Crippen molar-refractivity contribution in [3.63, 3.8) is 0 Å². The van der Waals surface area contributed by atoms with Crippen molar-refractivity contribution < 1.29 is 32.5 Å². The number of hydrogen-bond acceptors (Lipinski definition) is 5. The molecule has 0 saturated carbocycles. The van der Waals surface area contributed by atoms with Crippen LogP contribution in [0.5, 0.6) is 5.75 Å². The zero-order valence-electron chi connectivity index (χ0n) is 11.0. The summed E-state index contributed by atoms with van der Waals surface area (Å²) in [6.07, 6.45) is -5.26. The highest BCUT2D eigenvalue weighted by molar-refractivity contribution is 5.83. The number of alkyl halides is 3. The van der Waals surface area contributed by atoms with E-state index in [1.807, 2.05) is 0 Å². The van der Waals surface area contributed by atoms with Crippen LogP contribution in [0.2, 0.25) is 0 Å². The molecule has 2 N–H and O–H groups in total. The van der Waals surface area contributed by atoms with E-state index >= 15 is 0 Å². The summed E-state index contributed by atoms with van der Waals surface area (Å²) in [5.74, 6) is -2.12. The number of nitrogens with one attached hydrogen (secondary N) is 1. The van der Waals surface area contributed by atoms with Crippen molar-refractivity contribution in [3.8, 4) is 5.75 Å². The number of carbonyl (C=O) groups is 1. The Morgan fingerprint density at radius 2 is 1.90 bits per heavy atom. The minimum absolute atomic E-state index is 0.290. The van der Waals surface area contributed by atoms with Gasteiger partial charge in [-0.1, -0.05) is 0 Å². The normalized spacial score (nSPS) is 14.3. The molecule has 5 nitrogen and oxygen atoms in total. The maximum absolute atomic E-state index is 13.1. The Morgan fingerprint density at radius 1 is 1.30 bits per heavy atom. The summed E-state index contributed by atoms with van der Waals surface area (Å²) in [6, 6.07) is 3.46. The Hall–Kier alpha value is -1.96. The second-order valence-electron chi connectivity index (χ2n) is 3.86. The number of anilines is 1. The van der Waals surface area contributed by atoms with Crippen LogP contribution in [0.15, 0.2) is 18.2 Å². The molecule has 0 saturated heterocycles. The lowest BCUT2D eigenvalue weighted by atomic mass is 9.92. The van der Waals surface area contributed by atoms with Crippen molar-refractivity contribution in [2.75, 3.05) is 26.6 Å². The molecule has 0 heterocycles. The number of benzene rings is 1. The number of halogens is 3. The molecule has 1 unspecified atom stereocenters. The largest absolute Gasteiger partial charge is 0.496 e. The first-order valence-electron chi connectivity index (χ1n) is 5.46. The van der Waals surface area contributed by atoms with E-state index in [0.717, 1.165) is 20.3 Å². The average Bonchev–Trinajstić information content (AvgIpc) is 2.43. The number of aliphatic hydroxyl groups is 1. The molecule has 0 bridgehead atoms. The van der Waals surface area contributed by atoms with Crippen molar-refractivity contribution in [3.05, 3.63) is 23.8 Å². The van der Waals surface area contributed by atoms with E-state index in [2.05, 4.69) is 10.1 Å². The maximum Gasteiger partial charge on any atom is 0.432 e. The monoisotopic (exact) mass is 293 g/mol. The predicted molar refractivity (Wildman–Crippen MR) is 64.5 cm³/mol. The fraction of sp³-hybridized carbons (Fsp3) is 0.417. The van der Waals surface area contributed by atoms with Gasteiger partial charge in [0.2, 0.25) is 0 Å². The third-order valence-corrected chi connectivity index (χ3v) is 2.77. The second kappa shape index (κ2) is 5.58. The summed E-state index contributed by atoms with van der Waals surface area (Å²) in [5.41, 5.74) is -4.07. The number of hydrogen-bond donors (Lipinski definition) is 2. The fourth-order valence-electron chi connectivity index (χ4n) is 1.67. The number of rotatable bonds is 4. The number of methoxy groups -OCH3 is 2. The van der Waals surface area contributed by atoms with Crippen molar-refractivity contribution in [2.45, 2.75) is 11.8 Å². The molecule has 0 spiro atoms. The molecule has 0 radical (unpaired) electrons. The molecule has 0 aliphatic rings. The first kappa shape index (κ1) is 16.1. The van der Waals surface area contributed by atoms with E-state index in [-0.39, 0.29) is 5.75 Å². The highest BCUT2D eigenvalue weighted by Gasteiger charge is 2.63. The first-order chi connectivity index (χ1) is 9.22. The second-order valence-corrected chi connectivity index (χ2v) is 3.86. The third-order valence-electron chi connectivity index (χ3n) is 2.77. The molecule has 8 heteroatoms. The smallest absolute Gasteiger partial charge is 0.432 e. The van der Waals surface area contributed by atoms with Crippen molar-refractivity contribution in [1.29, 1.82) is 0 Å². The van der Waals surface area contributed by atoms with Crippen molar-refractivity contribution in [1.82, 2.24) is 0 Å². The zero-order chi connectivity index (χ0) is 15.6. The van der Waals surface area contributed by atoms with Gasteiger partial charge in [-0.25, -0.2) is 4.79 Å². The third kappa shape index (κ3) is 2.51. The maximum atomic E-state index is 13.1. The summed E-state index contributed by atoms with van der Waals surface area (Å²) < 4.78 is 48.2. The Labute approximate surface area is 113 Å². The molecular formula is C12H14F3NO4. The number of carbonyl (C=O) groups excluding carboxylic acids is 1. The van der Waals surface area contributed by atoms with Crippen LogP contribution in [0, 0.1) is 0 Å². The van der Waals surface area contributed by atoms with Gasteiger partial charge in [0.05, 0.1) is 14.2 Å². The van der Waals surface area contributed by atoms with Gasteiger partial charge in [-0.15, -0.1) is 0 Å². The van der Waals surface area contributed by atoms with Gasteiger partial charge in [-0.3, -0.25) is 0 Å². The molecule has 1 rings (SSSR count). The van der Waals surface area contributed by atoms with Gasteiger partial charge in [-0.05, 0) is 12.1 Å². The van der Waals surface area contributed by atoms with Crippen LogP contribution >= 0.6 is 0 Å². The number of ether oxygens (including phenoxy) is 2. The highest BCUT2D eigenvalue weighted by atomic mass is 19.4. The van der Waals surface area contributed by atoms with Crippen LogP contribution in [0.25, 0.3) is 0 Å². The predicted octanol–water partition coefficient (Wildman–Crippen LogP) is 1.66. The molecule has 112 valence electrons. The van der Waals surface area contributed by atoms with E-state index in [4.69, 9.17) is 4.74 Å². The van der Waals surface area contributed by atoms with E-state index in [1.165, 1.54) is 12.1 Å². The molecule has 0 fully saturated rings. The molecule has 0 amide bonds. The summed E-state index contributed by atoms with van der Waals surface area (Å²) in [6.45, 7) is 0. The summed E-state index contributed by atoms with van der Waals surface area (Å²) >= 11 is 0. The molecule has 1 atom stereocenters. The number of esters is 1. The van der Waals surface area contributed by atoms with E-state index in [1.54, 1.807) is 7.05 Å². The molecule has 0 aliphatic heterocycles. The van der Waals surface area contributed by atoms with E-state index in [9.17, 15) is 23.1 Å². The van der Waals surface area contributed by atoms with Gasteiger partial charge in [0, 0.05) is 24.4 Å². The zero-order valence-corrected chi connectivity index (χ0v) is 11.0. The van der Waals surface area contributed by atoms with Gasteiger partial charge >= 0.3 is 12.1 Å². The van der Waals surface area contributed by atoms with Crippen LogP contribution in [0.4, 0.5) is 18.9 Å². The lowest BCUT2D eigenvalue weighted by Gasteiger charge is -2.29. The molecule has 0 aliphatic carbocycles. The highest BCUT2D eigenvalue weighted by Crippen LogP contribution is 2.44. The van der Waals surface area contributed by atoms with Gasteiger partial charge in [-0.2, -0.15) is 13.2 Å². The van der Waals surface area contributed by atoms with Crippen molar-refractivity contribution in [2.24, 2.45) is 0 Å². The first-order valence-corrected chi connectivity index (χ1v) is 5.46. The minimum atomic E-state index is -5.26. The summed E-state index contributed by atoms with van der Waals surface area (Å²) in [7, 11) is 3.45. The molecule has 20 heavy (non-hydrogen) atoms. The van der Waals surface area contributed by atoms with E-state index in [0.29, 0.717) is 5.69 Å². The standard InChI is InChI=1S/C12H14F3NO4/c1-16-7-4-5-8(9(6-7)19-2)11(18,10(17)20-3)12(13,14)15/h4-6,16,18H,1-3H3. The average molecular weight is 293 g/mol. The van der Waals surface area contributed by atoms with Crippen LogP contribution in [-0.2, 0) is 15.1 Å². The Morgan fingerprint density at radius 3 is 2.30 bits per heavy atom. The van der Waals surface area contributed by atoms with Gasteiger partial charge in [0.1, 0.15) is 5.75 Å². The van der Waals surface area contributed by atoms with Crippen molar-refractivity contribution >= 4 is 11.7 Å². The summed E-state index contributed by atoms with van der Waals surface area (Å²) in [5, 5.41) is 12.6. The van der Waals surface area contributed by atoms with Crippen LogP contribution < -0.4 is 10.1 Å². The lowest BCUT2D eigenvalue weighted by molar-refractivity contribution is -0.267. The quantitative estimate of drug-likeness (QED) is 0.826. The lowest BCUT2D eigenvalue weighted by Crippen LogP contribution is -2.50. The van der Waals surface area contributed by atoms with Gasteiger partial charge < -0.3 is 19.9 Å². The van der Waals surface area contributed by atoms with Gasteiger partial charge in [0.25, 0.3) is 5.60 Å². The SMILES string of the molecule is CNc1ccc(C(O)(C(=O)OC)C(F)(F)F)c(OC)c1. The molecule has 1 aromatic carbocycles. The molecule has 1 aromatic rings. The minimum Gasteiger partial charge on any atom is -0.496 e. The Bertz CT molecular complexity index is 504. The Balaban J connectivity index is 3.54. The Kier molecular flexibility index (Phi) is 4.49. The van der Waals surface area contributed by atoms with Gasteiger partial charge in [0.15, 0.2) is 0 Å². The van der Waals surface area contributed by atoms with Crippen LogP contribution in [0.1, 0.15) is 5.56 Å². The fourth-order valence-corrected chi connectivity index (χ4v) is 1.67. The topological polar surface area (TPSA) is 67.8 Å². The summed E-state index contributed by atoms with van der Waals surface area (Å²) in [4.78, 5) is 11.4. The van der Waals surface area contributed by atoms with E-state index < -0.39 is 23.3 Å². The molecule has 0 aromatic heterocycles. The molecular weight excluding hydrogens is 279 g/mol. The van der Waals surface area contributed by atoms with Crippen LogP contribution in [-0.4, -0.2) is 38.5 Å².